The molecule has 0 radical (unpaired) electrons. The number of furan rings is 1. The SMILES string of the molecule is c1ccc(N(c2ccc3c(c2)oc2ccccc23)c2cccc3c2C2(c4ccccc4-3)C3CC4CC(C3)CC2C4)cc1. The normalized spacial score (nSPS) is 26.7. The Morgan fingerprint density at radius 3 is 2.07 bits per heavy atom. The Labute approximate surface area is 246 Å². The Morgan fingerprint density at radius 2 is 1.24 bits per heavy atom. The summed E-state index contributed by atoms with van der Waals surface area (Å²) in [5, 5.41) is 2.35. The van der Waals surface area contributed by atoms with E-state index in [9.17, 15) is 0 Å². The molecule has 2 nitrogen and oxygen atoms in total. The second-order valence-electron chi connectivity index (χ2n) is 13.4. The van der Waals surface area contributed by atoms with Crippen LogP contribution in [-0.2, 0) is 5.41 Å². The Balaban J connectivity index is 1.25. The maximum Gasteiger partial charge on any atom is 0.137 e. The molecule has 4 saturated carbocycles. The van der Waals surface area contributed by atoms with Crippen LogP contribution in [0.25, 0.3) is 33.1 Å². The maximum atomic E-state index is 6.42. The van der Waals surface area contributed by atoms with Crippen molar-refractivity contribution in [3.05, 3.63) is 126 Å². The summed E-state index contributed by atoms with van der Waals surface area (Å²) >= 11 is 0. The highest BCUT2D eigenvalue weighted by atomic mass is 16.3. The fourth-order valence-corrected chi connectivity index (χ4v) is 10.2. The quantitative estimate of drug-likeness (QED) is 0.221. The molecule has 204 valence electrons. The number of anilines is 3. The van der Waals surface area contributed by atoms with Gasteiger partial charge in [0.25, 0.3) is 0 Å². The van der Waals surface area contributed by atoms with Crippen molar-refractivity contribution in [3.8, 4) is 11.1 Å². The van der Waals surface area contributed by atoms with Crippen LogP contribution in [0.5, 0.6) is 0 Å². The number of fused-ring (bicyclic) bond motifs is 6. The smallest absolute Gasteiger partial charge is 0.137 e. The molecule has 1 aromatic heterocycles. The van der Waals surface area contributed by atoms with Gasteiger partial charge in [0.2, 0.25) is 0 Å². The first-order chi connectivity index (χ1) is 20.8. The van der Waals surface area contributed by atoms with E-state index in [1.165, 1.54) is 65.4 Å². The Bertz CT molecular complexity index is 1990. The van der Waals surface area contributed by atoms with E-state index in [-0.39, 0.29) is 5.41 Å². The highest BCUT2D eigenvalue weighted by Gasteiger charge is 2.62. The minimum Gasteiger partial charge on any atom is -0.456 e. The number of benzene rings is 5. The van der Waals surface area contributed by atoms with Crippen LogP contribution in [0.1, 0.15) is 43.2 Å². The standard InChI is InChI=1S/C40H33NO/c1-2-9-29(10-3-1)41(30-17-18-33-32-12-5-7-16-37(32)42-38(33)24-30)36-15-8-13-34-31-11-4-6-14-35(31)40(39(34)36)27-20-25-19-26(22-27)23-28(40)21-25/h1-18,24-28H,19-23H2. The van der Waals surface area contributed by atoms with Gasteiger partial charge < -0.3 is 9.32 Å². The Morgan fingerprint density at radius 1 is 0.548 bits per heavy atom. The van der Waals surface area contributed by atoms with Gasteiger partial charge in [0.05, 0.1) is 5.69 Å². The molecule has 0 N–H and O–H groups in total. The first-order valence-corrected chi connectivity index (χ1v) is 15.8. The number of para-hydroxylation sites is 2. The molecule has 2 heteroatoms. The van der Waals surface area contributed by atoms with E-state index in [0.717, 1.165) is 28.7 Å². The molecular weight excluding hydrogens is 510 g/mol. The molecule has 5 aromatic carbocycles. The third kappa shape index (κ3) is 2.95. The van der Waals surface area contributed by atoms with Gasteiger partial charge in [-0.2, -0.15) is 0 Å². The molecule has 4 bridgehead atoms. The second-order valence-corrected chi connectivity index (χ2v) is 13.4. The molecule has 4 fully saturated rings. The molecule has 0 aliphatic heterocycles. The van der Waals surface area contributed by atoms with Gasteiger partial charge in [-0.25, -0.2) is 0 Å². The lowest BCUT2D eigenvalue weighted by Crippen LogP contribution is -2.55. The van der Waals surface area contributed by atoms with Crippen LogP contribution in [0.15, 0.2) is 120 Å². The van der Waals surface area contributed by atoms with Gasteiger partial charge in [0.1, 0.15) is 11.2 Å². The van der Waals surface area contributed by atoms with Crippen LogP contribution in [-0.4, -0.2) is 0 Å². The molecular formula is C40H33NO. The summed E-state index contributed by atoms with van der Waals surface area (Å²) in [5.74, 6) is 3.27. The Hall–Kier alpha value is -4.30. The minimum absolute atomic E-state index is 0.0897. The third-order valence-electron chi connectivity index (χ3n) is 11.4. The predicted molar refractivity (Wildman–Crippen MR) is 172 cm³/mol. The molecule has 0 unspecified atom stereocenters. The summed E-state index contributed by atoms with van der Waals surface area (Å²) in [6.45, 7) is 0. The number of hydrogen-bond acceptors (Lipinski definition) is 2. The van der Waals surface area contributed by atoms with Gasteiger partial charge in [-0.15, -0.1) is 0 Å². The summed E-state index contributed by atoms with van der Waals surface area (Å²) in [7, 11) is 0. The van der Waals surface area contributed by atoms with E-state index in [4.69, 9.17) is 4.42 Å². The van der Waals surface area contributed by atoms with Gasteiger partial charge >= 0.3 is 0 Å². The van der Waals surface area contributed by atoms with Crippen molar-refractivity contribution in [2.75, 3.05) is 4.90 Å². The second kappa shape index (κ2) is 8.38. The van der Waals surface area contributed by atoms with Crippen LogP contribution in [0.2, 0.25) is 0 Å². The zero-order chi connectivity index (χ0) is 27.4. The van der Waals surface area contributed by atoms with Crippen LogP contribution < -0.4 is 4.90 Å². The van der Waals surface area contributed by atoms with Crippen LogP contribution in [0.3, 0.4) is 0 Å². The number of nitrogens with zero attached hydrogens (tertiary/aromatic N) is 1. The van der Waals surface area contributed by atoms with Crippen molar-refractivity contribution in [3.63, 3.8) is 0 Å². The highest BCUT2D eigenvalue weighted by Crippen LogP contribution is 2.71. The molecule has 0 saturated heterocycles. The summed E-state index contributed by atoms with van der Waals surface area (Å²) in [6.07, 6.45) is 6.99. The first kappa shape index (κ1) is 23.3. The molecule has 42 heavy (non-hydrogen) atoms. The molecule has 11 rings (SSSR count). The number of rotatable bonds is 3. The lowest BCUT2D eigenvalue weighted by atomic mass is 9.43. The average Bonchev–Trinajstić information content (AvgIpc) is 3.54. The van der Waals surface area contributed by atoms with Crippen molar-refractivity contribution in [1.29, 1.82) is 0 Å². The van der Waals surface area contributed by atoms with E-state index < -0.39 is 0 Å². The van der Waals surface area contributed by atoms with Crippen molar-refractivity contribution < 1.29 is 4.42 Å². The van der Waals surface area contributed by atoms with E-state index >= 15 is 0 Å². The summed E-state index contributed by atoms with van der Waals surface area (Å²) in [5.41, 5.74) is 11.7. The zero-order valence-corrected chi connectivity index (χ0v) is 23.7. The molecule has 5 aliphatic rings. The van der Waals surface area contributed by atoms with Gasteiger partial charge in [0.15, 0.2) is 0 Å². The van der Waals surface area contributed by atoms with E-state index in [1.54, 1.807) is 11.1 Å². The largest absolute Gasteiger partial charge is 0.456 e. The topological polar surface area (TPSA) is 16.4 Å². The first-order valence-electron chi connectivity index (χ1n) is 15.8. The van der Waals surface area contributed by atoms with Gasteiger partial charge in [0, 0.05) is 33.6 Å². The summed E-state index contributed by atoms with van der Waals surface area (Å²) in [4.78, 5) is 2.52. The maximum absolute atomic E-state index is 6.42. The molecule has 1 spiro atoms. The highest BCUT2D eigenvalue weighted by molar-refractivity contribution is 6.06. The van der Waals surface area contributed by atoms with Crippen molar-refractivity contribution in [1.82, 2.24) is 0 Å². The van der Waals surface area contributed by atoms with Crippen LogP contribution in [0.4, 0.5) is 17.1 Å². The van der Waals surface area contributed by atoms with Crippen molar-refractivity contribution in [2.24, 2.45) is 23.7 Å². The fraction of sp³-hybridized carbons (Fsp3) is 0.250. The summed E-state index contributed by atoms with van der Waals surface area (Å²) in [6, 6.07) is 42.7. The Kier molecular flexibility index (Phi) is 4.65. The van der Waals surface area contributed by atoms with Gasteiger partial charge in [-0.05, 0) is 114 Å². The lowest BCUT2D eigenvalue weighted by Gasteiger charge is -2.61. The molecule has 0 atom stereocenters. The molecule has 5 aliphatic carbocycles. The van der Waals surface area contributed by atoms with Gasteiger partial charge in [-0.1, -0.05) is 72.8 Å². The van der Waals surface area contributed by atoms with Crippen molar-refractivity contribution >= 4 is 39.0 Å². The molecule has 6 aromatic rings. The fourth-order valence-electron chi connectivity index (χ4n) is 10.2. The molecule has 1 heterocycles. The lowest BCUT2D eigenvalue weighted by molar-refractivity contribution is -0.0397. The van der Waals surface area contributed by atoms with E-state index in [0.29, 0.717) is 11.8 Å². The van der Waals surface area contributed by atoms with Crippen LogP contribution >= 0.6 is 0 Å². The minimum atomic E-state index is 0.0897. The monoisotopic (exact) mass is 543 g/mol. The summed E-state index contributed by atoms with van der Waals surface area (Å²) < 4.78 is 6.42. The zero-order valence-electron chi connectivity index (χ0n) is 23.7. The van der Waals surface area contributed by atoms with Gasteiger partial charge in [-0.3, -0.25) is 0 Å². The predicted octanol–water partition coefficient (Wildman–Crippen LogP) is 10.8. The van der Waals surface area contributed by atoms with Crippen LogP contribution in [0, 0.1) is 23.7 Å². The number of hydrogen-bond donors (Lipinski definition) is 0. The third-order valence-corrected chi connectivity index (χ3v) is 11.4. The van der Waals surface area contributed by atoms with Crippen molar-refractivity contribution in [2.45, 2.75) is 37.5 Å². The van der Waals surface area contributed by atoms with E-state index in [2.05, 4.69) is 120 Å². The molecule has 0 amide bonds. The van der Waals surface area contributed by atoms with E-state index in [1.807, 2.05) is 0 Å². The average molecular weight is 544 g/mol.